The molecule has 4 heteroatoms. The summed E-state index contributed by atoms with van der Waals surface area (Å²) in [6.07, 6.45) is 10.9. The molecule has 0 spiro atoms. The third kappa shape index (κ3) is 3.67. The Morgan fingerprint density at radius 3 is 2.33 bits per heavy atom. The summed E-state index contributed by atoms with van der Waals surface area (Å²) in [6, 6.07) is 22.0. The van der Waals surface area contributed by atoms with Gasteiger partial charge in [-0.2, -0.15) is 0 Å². The second-order valence-corrected chi connectivity index (χ2v) is 12.2. The van der Waals surface area contributed by atoms with E-state index >= 15 is 0 Å². The fourth-order valence-electron chi connectivity index (χ4n) is 7.46. The van der Waals surface area contributed by atoms with Crippen LogP contribution in [0.15, 0.2) is 89.7 Å². The van der Waals surface area contributed by atoms with Crippen molar-refractivity contribution in [3.63, 3.8) is 0 Å². The fraction of sp³-hybridized carbons (Fsp3) is 0.263. The van der Waals surface area contributed by atoms with Crippen LogP contribution in [0, 0.1) is 6.92 Å². The molecule has 0 fully saturated rings. The maximum absolute atomic E-state index is 7.47. The van der Waals surface area contributed by atoms with Gasteiger partial charge >= 0.3 is 0 Å². The molecule has 1 atom stereocenters. The lowest BCUT2D eigenvalue weighted by molar-refractivity contribution is 0.153. The summed E-state index contributed by atoms with van der Waals surface area (Å²) < 4.78 is 19.3. The van der Waals surface area contributed by atoms with E-state index in [0.717, 1.165) is 59.3 Å². The molecule has 8 rings (SSSR count). The quantitative estimate of drug-likeness (QED) is 0.255. The van der Waals surface area contributed by atoms with Gasteiger partial charge in [-0.15, -0.1) is 0 Å². The van der Waals surface area contributed by atoms with Crippen molar-refractivity contribution in [3.8, 4) is 28.4 Å². The summed E-state index contributed by atoms with van der Waals surface area (Å²) in [5, 5.41) is 2.24. The lowest BCUT2D eigenvalue weighted by Crippen LogP contribution is -2.37. The van der Waals surface area contributed by atoms with Gasteiger partial charge in [-0.3, -0.25) is 0 Å². The minimum Gasteiger partial charge on any atom is -0.473 e. The third-order valence-corrected chi connectivity index (χ3v) is 9.55. The first-order valence-corrected chi connectivity index (χ1v) is 15.0. The minimum absolute atomic E-state index is 0.243. The predicted octanol–water partition coefficient (Wildman–Crippen LogP) is 8.50. The average Bonchev–Trinajstić information content (AvgIpc) is 3.47. The average molecular weight is 554 g/mol. The second-order valence-electron chi connectivity index (χ2n) is 12.2. The van der Waals surface area contributed by atoms with Gasteiger partial charge in [-0.05, 0) is 96.5 Å². The summed E-state index contributed by atoms with van der Waals surface area (Å²) in [4.78, 5) is 2.24. The Balaban J connectivity index is 1.41. The van der Waals surface area contributed by atoms with Crippen molar-refractivity contribution < 1.29 is 14.2 Å². The first-order valence-electron chi connectivity index (χ1n) is 15.0. The van der Waals surface area contributed by atoms with Crippen LogP contribution in [0.2, 0.25) is 0 Å². The Bertz CT molecular complexity index is 1880. The largest absolute Gasteiger partial charge is 0.473 e. The molecule has 1 unspecified atom stereocenters. The summed E-state index contributed by atoms with van der Waals surface area (Å²) in [6.45, 7) is 4.61. The van der Waals surface area contributed by atoms with Crippen molar-refractivity contribution in [2.45, 2.75) is 45.1 Å². The van der Waals surface area contributed by atoms with E-state index in [-0.39, 0.29) is 6.79 Å². The van der Waals surface area contributed by atoms with Gasteiger partial charge in [0.2, 0.25) is 6.79 Å². The maximum atomic E-state index is 7.47. The summed E-state index contributed by atoms with van der Waals surface area (Å²) >= 11 is 0. The molecule has 0 saturated heterocycles. The van der Waals surface area contributed by atoms with Crippen molar-refractivity contribution in [2.24, 2.45) is 0 Å². The highest BCUT2D eigenvalue weighted by atomic mass is 16.7. The van der Waals surface area contributed by atoms with Crippen molar-refractivity contribution in [1.82, 2.24) is 4.90 Å². The van der Waals surface area contributed by atoms with Crippen molar-refractivity contribution in [1.29, 1.82) is 0 Å². The van der Waals surface area contributed by atoms with E-state index in [9.17, 15) is 0 Å². The number of hydrogen-bond acceptors (Lipinski definition) is 4. The highest BCUT2D eigenvalue weighted by Crippen LogP contribution is 2.54. The van der Waals surface area contributed by atoms with Crippen LogP contribution in [0.25, 0.3) is 28.0 Å². The Labute approximate surface area is 247 Å². The zero-order valence-corrected chi connectivity index (χ0v) is 24.7. The summed E-state index contributed by atoms with van der Waals surface area (Å²) in [7, 11) is 4.27. The Hall–Kier alpha value is -4.44. The molecule has 4 nitrogen and oxygen atoms in total. The van der Waals surface area contributed by atoms with Crippen LogP contribution in [-0.4, -0.2) is 25.8 Å². The van der Waals surface area contributed by atoms with E-state index in [4.69, 9.17) is 14.2 Å². The zero-order valence-electron chi connectivity index (χ0n) is 24.7. The van der Waals surface area contributed by atoms with Gasteiger partial charge in [0, 0.05) is 36.3 Å². The van der Waals surface area contributed by atoms with Crippen LogP contribution in [-0.2, 0) is 18.4 Å². The number of fused-ring (bicyclic) bond motifs is 9. The summed E-state index contributed by atoms with van der Waals surface area (Å²) in [5.74, 6) is 2.51. The molecule has 0 N–H and O–H groups in total. The van der Waals surface area contributed by atoms with E-state index in [1.54, 1.807) is 0 Å². The van der Waals surface area contributed by atoms with E-state index in [0.29, 0.717) is 0 Å². The molecule has 42 heavy (non-hydrogen) atoms. The van der Waals surface area contributed by atoms with Crippen molar-refractivity contribution >= 4 is 16.8 Å². The van der Waals surface area contributed by atoms with E-state index in [2.05, 4.69) is 112 Å². The van der Waals surface area contributed by atoms with Gasteiger partial charge in [0.25, 0.3) is 0 Å². The summed E-state index contributed by atoms with van der Waals surface area (Å²) in [5.41, 5.74) is 12.2. The number of ether oxygens (including phenoxy) is 3. The lowest BCUT2D eigenvalue weighted by Gasteiger charge is -2.41. The van der Waals surface area contributed by atoms with Crippen LogP contribution in [0.1, 0.15) is 47.6 Å². The first-order chi connectivity index (χ1) is 20.4. The smallest absolute Gasteiger partial charge is 0.231 e. The van der Waals surface area contributed by atoms with Gasteiger partial charge in [-0.1, -0.05) is 66.2 Å². The molecule has 0 saturated carbocycles. The van der Waals surface area contributed by atoms with Crippen molar-refractivity contribution in [2.75, 3.05) is 20.9 Å². The van der Waals surface area contributed by atoms with Crippen LogP contribution in [0.3, 0.4) is 0 Å². The lowest BCUT2D eigenvalue weighted by atomic mass is 9.75. The zero-order chi connectivity index (χ0) is 28.6. The first kappa shape index (κ1) is 25.3. The molecular formula is C38H35NO3. The normalized spacial score (nSPS) is 20.0. The number of aryl methyl sites for hydroxylation is 2. The number of nitrogens with zero attached hydrogens (tertiary/aromatic N) is 1. The van der Waals surface area contributed by atoms with Gasteiger partial charge in [0.05, 0.1) is 0 Å². The minimum atomic E-state index is -0.704. The number of allylic oxidation sites excluding steroid dienone is 3. The van der Waals surface area contributed by atoms with Gasteiger partial charge < -0.3 is 19.1 Å². The van der Waals surface area contributed by atoms with E-state index in [1.807, 2.05) is 0 Å². The Kier molecular flexibility index (Phi) is 5.59. The van der Waals surface area contributed by atoms with E-state index in [1.165, 1.54) is 50.2 Å². The number of benzene rings is 4. The standard InChI is InChI=1S/C38H35NO3/c1-23-9-12-26(13-10-23)38(27-14-16-33(39(3)4)24(2)19-27)18-17-30-29-15-11-25-7-5-6-8-28(25)36(29)31-20-34-35(41-22-40-34)21-32(31)37(30)42-38/h5-10,12-13,17-21H,11,14-16,22H2,1-4H3. The van der Waals surface area contributed by atoms with Crippen LogP contribution < -0.4 is 14.2 Å². The number of hydrogen-bond donors (Lipinski definition) is 0. The van der Waals surface area contributed by atoms with Crippen LogP contribution in [0.5, 0.6) is 17.2 Å². The van der Waals surface area contributed by atoms with Crippen LogP contribution in [0.4, 0.5) is 0 Å². The molecule has 2 heterocycles. The fourth-order valence-corrected chi connectivity index (χ4v) is 7.46. The Morgan fingerprint density at radius 2 is 1.57 bits per heavy atom. The van der Waals surface area contributed by atoms with Crippen molar-refractivity contribution in [3.05, 3.63) is 117 Å². The van der Waals surface area contributed by atoms with Gasteiger partial charge in [0.15, 0.2) is 17.1 Å². The maximum Gasteiger partial charge on any atom is 0.231 e. The molecule has 0 radical (unpaired) electrons. The third-order valence-electron chi connectivity index (χ3n) is 9.55. The molecule has 2 aliphatic carbocycles. The molecule has 0 aromatic heterocycles. The predicted molar refractivity (Wildman–Crippen MR) is 169 cm³/mol. The monoisotopic (exact) mass is 553 g/mol. The molecule has 0 amide bonds. The molecule has 0 bridgehead atoms. The van der Waals surface area contributed by atoms with E-state index < -0.39 is 5.60 Å². The van der Waals surface area contributed by atoms with Gasteiger partial charge in [-0.25, -0.2) is 0 Å². The molecule has 4 aliphatic rings. The second kappa shape index (κ2) is 9.29. The van der Waals surface area contributed by atoms with Crippen LogP contribution >= 0.6 is 0 Å². The topological polar surface area (TPSA) is 30.9 Å². The highest BCUT2D eigenvalue weighted by molar-refractivity contribution is 6.07. The Morgan fingerprint density at radius 1 is 0.810 bits per heavy atom. The molecule has 4 aromatic carbocycles. The number of rotatable bonds is 3. The molecular weight excluding hydrogens is 518 g/mol. The van der Waals surface area contributed by atoms with Gasteiger partial charge in [0.1, 0.15) is 5.75 Å². The highest BCUT2D eigenvalue weighted by Gasteiger charge is 2.42. The molecule has 210 valence electrons. The SMILES string of the molecule is CC1=C(N(C)C)CCC(C2(c3ccc(C)cc3)C=Cc3c4c(c5cc6c(cc5c3O2)OCO6)-c2ccccc2CC4)=C1. The molecule has 4 aromatic rings. The molecule has 2 aliphatic heterocycles.